The molecular formula is C15H26N4S. The molecule has 0 aliphatic heterocycles. The third-order valence-corrected chi connectivity index (χ3v) is 4.85. The topological polar surface area (TPSA) is 32.6 Å². The van der Waals surface area contributed by atoms with E-state index in [0.29, 0.717) is 12.0 Å². The van der Waals surface area contributed by atoms with Crippen molar-refractivity contribution in [3.63, 3.8) is 0 Å². The van der Waals surface area contributed by atoms with E-state index in [9.17, 15) is 0 Å². The summed E-state index contributed by atoms with van der Waals surface area (Å²) < 4.78 is 2.27. The molecule has 2 aromatic rings. The van der Waals surface area contributed by atoms with Gasteiger partial charge in [-0.15, -0.1) is 11.3 Å². The number of thiazole rings is 1. The molecule has 0 amide bonds. The Morgan fingerprint density at radius 3 is 2.65 bits per heavy atom. The van der Waals surface area contributed by atoms with E-state index in [1.54, 1.807) is 11.3 Å². The van der Waals surface area contributed by atoms with E-state index in [4.69, 9.17) is 0 Å². The lowest BCUT2D eigenvalue weighted by Crippen LogP contribution is -2.41. The van der Waals surface area contributed by atoms with Gasteiger partial charge in [-0.1, -0.05) is 13.8 Å². The Balaban J connectivity index is 2.06. The molecule has 0 aromatic carbocycles. The van der Waals surface area contributed by atoms with Gasteiger partial charge in [0.15, 0.2) is 4.96 Å². The second-order valence-corrected chi connectivity index (χ2v) is 6.88. The number of fused-ring (bicyclic) bond motifs is 1. The molecule has 0 radical (unpaired) electrons. The van der Waals surface area contributed by atoms with Crippen LogP contribution in [0.15, 0.2) is 5.38 Å². The van der Waals surface area contributed by atoms with E-state index < -0.39 is 0 Å². The van der Waals surface area contributed by atoms with Crippen molar-refractivity contribution in [1.82, 2.24) is 19.6 Å². The van der Waals surface area contributed by atoms with E-state index in [1.165, 1.54) is 11.4 Å². The van der Waals surface area contributed by atoms with Gasteiger partial charge in [0.25, 0.3) is 0 Å². The summed E-state index contributed by atoms with van der Waals surface area (Å²) in [5.74, 6) is 0.645. The van der Waals surface area contributed by atoms with Gasteiger partial charge in [-0.3, -0.25) is 4.40 Å². The van der Waals surface area contributed by atoms with Crippen LogP contribution in [0.2, 0.25) is 0 Å². The Bertz CT molecular complexity index is 560. The molecule has 1 N–H and O–H groups in total. The zero-order chi connectivity index (χ0) is 14.9. The summed E-state index contributed by atoms with van der Waals surface area (Å²) in [6, 6.07) is 0.558. The lowest BCUT2D eigenvalue weighted by molar-refractivity contribution is 0.224. The maximum Gasteiger partial charge on any atom is 0.194 e. The highest BCUT2D eigenvalue weighted by Crippen LogP contribution is 2.20. The number of nitrogens with zero attached hydrogens (tertiary/aromatic N) is 3. The van der Waals surface area contributed by atoms with E-state index in [-0.39, 0.29) is 0 Å². The fraction of sp³-hybridized carbons (Fsp3) is 0.667. The van der Waals surface area contributed by atoms with E-state index in [0.717, 1.165) is 23.7 Å². The summed E-state index contributed by atoms with van der Waals surface area (Å²) in [6.07, 6.45) is 0. The van der Waals surface area contributed by atoms with Gasteiger partial charge in [0.05, 0.1) is 11.4 Å². The number of nitrogens with one attached hydrogen (secondary N) is 1. The van der Waals surface area contributed by atoms with Crippen molar-refractivity contribution in [1.29, 1.82) is 0 Å². The first-order valence-corrected chi connectivity index (χ1v) is 8.09. The minimum Gasteiger partial charge on any atom is -0.310 e. The Hall–Kier alpha value is -0.910. The lowest BCUT2D eigenvalue weighted by Gasteiger charge is -2.28. The molecule has 20 heavy (non-hydrogen) atoms. The summed E-state index contributed by atoms with van der Waals surface area (Å²) >= 11 is 1.71. The molecular weight excluding hydrogens is 268 g/mol. The molecule has 2 rings (SSSR count). The molecule has 112 valence electrons. The molecule has 0 aliphatic carbocycles. The first-order valence-electron chi connectivity index (χ1n) is 7.21. The second kappa shape index (κ2) is 6.24. The number of imidazole rings is 1. The van der Waals surface area contributed by atoms with Crippen molar-refractivity contribution < 1.29 is 0 Å². The maximum atomic E-state index is 4.63. The van der Waals surface area contributed by atoms with Gasteiger partial charge in [0, 0.05) is 30.2 Å². The quantitative estimate of drug-likeness (QED) is 0.889. The van der Waals surface area contributed by atoms with Gasteiger partial charge in [-0.2, -0.15) is 0 Å². The molecule has 0 fully saturated rings. The van der Waals surface area contributed by atoms with Crippen LogP contribution < -0.4 is 5.32 Å². The normalized spacial score (nSPS) is 13.8. The number of hydrogen-bond donors (Lipinski definition) is 1. The van der Waals surface area contributed by atoms with Crippen molar-refractivity contribution in [3.05, 3.63) is 22.5 Å². The standard InChI is InChI=1S/C15H26N4S/c1-10(2)13(18(5)6)7-16-8-14-12(4)17-15-19(14)11(3)9-20-15/h9-10,13,16H,7-8H2,1-6H3. The molecule has 0 saturated carbocycles. The van der Waals surface area contributed by atoms with Crippen molar-refractivity contribution >= 4 is 16.3 Å². The monoisotopic (exact) mass is 294 g/mol. The maximum absolute atomic E-state index is 4.63. The summed E-state index contributed by atoms with van der Waals surface area (Å²) in [5, 5.41) is 5.77. The van der Waals surface area contributed by atoms with Crippen LogP contribution in [0.4, 0.5) is 0 Å². The van der Waals surface area contributed by atoms with Gasteiger partial charge in [-0.25, -0.2) is 4.98 Å². The molecule has 0 saturated heterocycles. The number of aromatic nitrogens is 2. The predicted octanol–water partition coefficient (Wildman–Crippen LogP) is 2.69. The first kappa shape index (κ1) is 15.5. The van der Waals surface area contributed by atoms with Crippen LogP contribution in [0.25, 0.3) is 4.96 Å². The van der Waals surface area contributed by atoms with Crippen LogP contribution in [-0.4, -0.2) is 41.0 Å². The van der Waals surface area contributed by atoms with E-state index >= 15 is 0 Å². The highest BCUT2D eigenvalue weighted by molar-refractivity contribution is 7.15. The fourth-order valence-corrected chi connectivity index (χ4v) is 3.66. The SMILES string of the molecule is Cc1nc2scc(C)n2c1CNCC(C(C)C)N(C)C. The molecule has 0 aliphatic rings. The highest BCUT2D eigenvalue weighted by Gasteiger charge is 2.16. The number of rotatable bonds is 6. The van der Waals surface area contributed by atoms with Crippen LogP contribution in [0.5, 0.6) is 0 Å². The van der Waals surface area contributed by atoms with Crippen LogP contribution in [0.1, 0.15) is 30.9 Å². The van der Waals surface area contributed by atoms with Crippen molar-refractivity contribution in [2.24, 2.45) is 5.92 Å². The molecule has 1 atom stereocenters. The zero-order valence-corrected chi connectivity index (χ0v) is 14.2. The van der Waals surface area contributed by atoms with Gasteiger partial charge in [0.2, 0.25) is 0 Å². The number of hydrogen-bond acceptors (Lipinski definition) is 4. The van der Waals surface area contributed by atoms with Crippen molar-refractivity contribution in [2.75, 3.05) is 20.6 Å². The van der Waals surface area contributed by atoms with Crippen LogP contribution in [0.3, 0.4) is 0 Å². The summed E-state index contributed by atoms with van der Waals surface area (Å²) in [5.41, 5.74) is 3.70. The largest absolute Gasteiger partial charge is 0.310 e. The smallest absolute Gasteiger partial charge is 0.194 e. The number of likely N-dealkylation sites (N-methyl/N-ethyl adjacent to an activating group) is 1. The minimum absolute atomic E-state index is 0.558. The fourth-order valence-electron chi connectivity index (χ4n) is 2.73. The van der Waals surface area contributed by atoms with E-state index in [1.807, 2.05) is 0 Å². The van der Waals surface area contributed by atoms with Crippen molar-refractivity contribution in [3.8, 4) is 0 Å². The van der Waals surface area contributed by atoms with Crippen LogP contribution in [0, 0.1) is 19.8 Å². The summed E-state index contributed by atoms with van der Waals surface area (Å²) in [6.45, 7) is 10.7. The van der Waals surface area contributed by atoms with Gasteiger partial charge >= 0.3 is 0 Å². The lowest BCUT2D eigenvalue weighted by atomic mass is 10.0. The van der Waals surface area contributed by atoms with Crippen LogP contribution in [-0.2, 0) is 6.54 Å². The Labute approximate surface area is 125 Å². The molecule has 0 bridgehead atoms. The Morgan fingerprint density at radius 2 is 2.05 bits per heavy atom. The van der Waals surface area contributed by atoms with E-state index in [2.05, 4.69) is 66.8 Å². The average Bonchev–Trinajstić information content (AvgIpc) is 2.85. The van der Waals surface area contributed by atoms with Gasteiger partial charge in [0.1, 0.15) is 0 Å². The average molecular weight is 294 g/mol. The summed E-state index contributed by atoms with van der Waals surface area (Å²) in [7, 11) is 4.30. The first-order chi connectivity index (χ1) is 9.41. The van der Waals surface area contributed by atoms with Gasteiger partial charge < -0.3 is 10.2 Å². The summed E-state index contributed by atoms with van der Waals surface area (Å²) in [4.78, 5) is 8.03. The predicted molar refractivity (Wildman–Crippen MR) is 86.6 cm³/mol. The van der Waals surface area contributed by atoms with Gasteiger partial charge in [-0.05, 0) is 33.9 Å². The number of aryl methyl sites for hydroxylation is 2. The second-order valence-electron chi connectivity index (χ2n) is 6.04. The molecule has 5 heteroatoms. The minimum atomic E-state index is 0.558. The van der Waals surface area contributed by atoms with Crippen LogP contribution >= 0.6 is 11.3 Å². The van der Waals surface area contributed by atoms with Crippen molar-refractivity contribution in [2.45, 2.75) is 40.3 Å². The zero-order valence-electron chi connectivity index (χ0n) is 13.4. The Morgan fingerprint density at radius 1 is 1.35 bits per heavy atom. The third kappa shape index (κ3) is 3.05. The molecule has 4 nitrogen and oxygen atoms in total. The highest BCUT2D eigenvalue weighted by atomic mass is 32.1. The molecule has 1 unspecified atom stereocenters. The molecule has 2 heterocycles. The molecule has 0 spiro atoms. The third-order valence-electron chi connectivity index (χ3n) is 3.91. The molecule has 2 aromatic heterocycles. The Kier molecular flexibility index (Phi) is 4.83.